The lowest BCUT2D eigenvalue weighted by Crippen LogP contribution is -2.34. The first-order valence-electron chi connectivity index (χ1n) is 7.15. The number of carbonyl (C=O) groups excluding carboxylic acids is 1. The van der Waals surface area contributed by atoms with Gasteiger partial charge in [0.1, 0.15) is 5.82 Å². The van der Waals surface area contributed by atoms with Crippen LogP contribution in [0.15, 0.2) is 18.7 Å². The minimum Gasteiger partial charge on any atom is -0.348 e. The molecule has 22 heavy (non-hydrogen) atoms. The molecule has 6 nitrogen and oxygen atoms in total. The predicted octanol–water partition coefficient (Wildman–Crippen LogP) is 2.08. The van der Waals surface area contributed by atoms with Gasteiger partial charge < -0.3 is 9.88 Å². The summed E-state index contributed by atoms with van der Waals surface area (Å²) in [5, 5.41) is 0. The zero-order valence-corrected chi connectivity index (χ0v) is 12.2. The van der Waals surface area contributed by atoms with Crippen LogP contribution in [-0.4, -0.2) is 37.4 Å². The van der Waals surface area contributed by atoms with Crippen molar-refractivity contribution in [2.75, 3.05) is 7.05 Å². The minimum absolute atomic E-state index is 0.0480. The summed E-state index contributed by atoms with van der Waals surface area (Å²) in [7, 11) is 1.60. The number of hydrogen-bond donors (Lipinski definition) is 1. The van der Waals surface area contributed by atoms with E-state index in [1.165, 1.54) is 17.3 Å². The van der Waals surface area contributed by atoms with Gasteiger partial charge in [-0.05, 0) is 19.3 Å². The fourth-order valence-electron chi connectivity index (χ4n) is 2.89. The number of likely N-dealkylation sites (N-methyl/N-ethyl adjacent to an activating group) is 1. The second kappa shape index (κ2) is 5.86. The molecule has 1 N–H and O–H groups in total. The highest BCUT2D eigenvalue weighted by molar-refractivity contribution is 5.83. The van der Waals surface area contributed by atoms with Gasteiger partial charge in [0.15, 0.2) is 0 Å². The lowest BCUT2D eigenvalue weighted by molar-refractivity contribution is -0.132. The predicted molar refractivity (Wildman–Crippen MR) is 74.2 cm³/mol. The maximum absolute atomic E-state index is 12.8. The molecule has 0 fully saturated rings. The first-order chi connectivity index (χ1) is 10.6. The third-order valence-electron chi connectivity index (χ3n) is 4.01. The standard InChI is InChI=1S/C14H17F2N5O/c1-20(7-11-17-5-6-21(11)14(15)16)13(22)9-3-2-4-10-12(9)19-8-18-10/h5-6,8-9,14H,2-4,7H2,1H3,(H,18,19). The number of halogens is 2. The largest absolute Gasteiger partial charge is 0.348 e. The van der Waals surface area contributed by atoms with E-state index in [1.54, 1.807) is 13.4 Å². The summed E-state index contributed by atoms with van der Waals surface area (Å²) >= 11 is 0. The van der Waals surface area contributed by atoms with Crippen molar-refractivity contribution in [1.82, 2.24) is 24.4 Å². The van der Waals surface area contributed by atoms with Crippen molar-refractivity contribution in [2.24, 2.45) is 0 Å². The Morgan fingerprint density at radius 1 is 1.55 bits per heavy atom. The third kappa shape index (κ3) is 2.60. The van der Waals surface area contributed by atoms with E-state index in [1.807, 2.05) is 0 Å². The monoisotopic (exact) mass is 309 g/mol. The highest BCUT2D eigenvalue weighted by atomic mass is 19.3. The number of aromatic nitrogens is 4. The second-order valence-electron chi connectivity index (χ2n) is 5.43. The highest BCUT2D eigenvalue weighted by Crippen LogP contribution is 2.30. The lowest BCUT2D eigenvalue weighted by Gasteiger charge is -2.26. The lowest BCUT2D eigenvalue weighted by atomic mass is 9.89. The Labute approximate surface area is 126 Å². The molecule has 2 heterocycles. The van der Waals surface area contributed by atoms with Gasteiger partial charge in [0.2, 0.25) is 5.91 Å². The molecule has 1 amide bonds. The van der Waals surface area contributed by atoms with E-state index in [9.17, 15) is 13.6 Å². The zero-order chi connectivity index (χ0) is 15.7. The SMILES string of the molecule is CN(Cc1nccn1C(F)F)C(=O)C1CCCc2[nH]cnc21. The van der Waals surface area contributed by atoms with Gasteiger partial charge in [0.25, 0.3) is 0 Å². The Bertz CT molecular complexity index is 666. The van der Waals surface area contributed by atoms with Crippen molar-refractivity contribution in [3.05, 3.63) is 35.9 Å². The number of hydrogen-bond acceptors (Lipinski definition) is 3. The molecule has 118 valence electrons. The Morgan fingerprint density at radius 3 is 3.14 bits per heavy atom. The number of carbonyl (C=O) groups is 1. The van der Waals surface area contributed by atoms with Crippen molar-refractivity contribution in [2.45, 2.75) is 38.3 Å². The first kappa shape index (κ1) is 14.7. The van der Waals surface area contributed by atoms with Gasteiger partial charge in [0, 0.05) is 25.1 Å². The summed E-state index contributed by atoms with van der Waals surface area (Å²) in [5.74, 6) is -0.254. The molecule has 1 unspecified atom stereocenters. The van der Waals surface area contributed by atoms with E-state index in [2.05, 4.69) is 15.0 Å². The molecule has 2 aromatic rings. The van der Waals surface area contributed by atoms with Crippen molar-refractivity contribution in [3.8, 4) is 0 Å². The van der Waals surface area contributed by atoms with Gasteiger partial charge in [-0.2, -0.15) is 8.78 Å². The second-order valence-corrected chi connectivity index (χ2v) is 5.43. The van der Waals surface area contributed by atoms with Crippen molar-refractivity contribution in [3.63, 3.8) is 0 Å². The summed E-state index contributed by atoms with van der Waals surface area (Å²) in [4.78, 5) is 25.3. The molecule has 0 saturated heterocycles. The van der Waals surface area contributed by atoms with Crippen LogP contribution in [-0.2, 0) is 17.8 Å². The average molecular weight is 309 g/mol. The van der Waals surface area contributed by atoms with Gasteiger partial charge in [-0.3, -0.25) is 9.36 Å². The van der Waals surface area contributed by atoms with Crippen molar-refractivity contribution in [1.29, 1.82) is 0 Å². The number of nitrogens with one attached hydrogen (secondary N) is 1. The quantitative estimate of drug-likeness (QED) is 0.940. The molecule has 0 aliphatic heterocycles. The summed E-state index contributed by atoms with van der Waals surface area (Å²) < 4.78 is 26.4. The van der Waals surface area contributed by atoms with Crippen LogP contribution in [0.4, 0.5) is 8.78 Å². The van der Waals surface area contributed by atoms with E-state index in [0.717, 1.165) is 35.2 Å². The Morgan fingerprint density at radius 2 is 2.36 bits per heavy atom. The average Bonchev–Trinajstić information content (AvgIpc) is 3.14. The molecule has 1 atom stereocenters. The maximum Gasteiger partial charge on any atom is 0.319 e. The van der Waals surface area contributed by atoms with Crippen LogP contribution in [0.1, 0.15) is 42.5 Å². The molecule has 0 spiro atoms. The molecule has 0 saturated carbocycles. The van der Waals surface area contributed by atoms with E-state index in [-0.39, 0.29) is 24.2 Å². The Hall–Kier alpha value is -2.25. The topological polar surface area (TPSA) is 66.8 Å². The molecule has 0 bridgehead atoms. The van der Waals surface area contributed by atoms with Crippen LogP contribution in [0, 0.1) is 0 Å². The zero-order valence-electron chi connectivity index (χ0n) is 12.2. The fourth-order valence-corrected chi connectivity index (χ4v) is 2.89. The number of aromatic amines is 1. The molecule has 1 aliphatic carbocycles. The maximum atomic E-state index is 12.8. The molecule has 8 heteroatoms. The molecular formula is C14H17F2N5O. The van der Waals surface area contributed by atoms with Crippen LogP contribution in [0.25, 0.3) is 0 Å². The number of rotatable bonds is 4. The van der Waals surface area contributed by atoms with Crippen LogP contribution in [0.5, 0.6) is 0 Å². The summed E-state index contributed by atoms with van der Waals surface area (Å²) in [6.45, 7) is -2.61. The Kier molecular flexibility index (Phi) is 3.91. The van der Waals surface area contributed by atoms with Crippen LogP contribution < -0.4 is 0 Å². The molecule has 3 rings (SSSR count). The summed E-state index contributed by atoms with van der Waals surface area (Å²) in [6, 6.07) is 0. The van der Waals surface area contributed by atoms with Crippen LogP contribution >= 0.6 is 0 Å². The van der Waals surface area contributed by atoms with Crippen LogP contribution in [0.3, 0.4) is 0 Å². The summed E-state index contributed by atoms with van der Waals surface area (Å²) in [6.07, 6.45) is 6.64. The van der Waals surface area contributed by atoms with Crippen LogP contribution in [0.2, 0.25) is 0 Å². The number of amides is 1. The molecule has 1 aliphatic rings. The Balaban J connectivity index is 1.75. The van der Waals surface area contributed by atoms with Gasteiger partial charge in [-0.1, -0.05) is 0 Å². The van der Waals surface area contributed by atoms with Gasteiger partial charge in [-0.25, -0.2) is 9.97 Å². The first-order valence-corrected chi connectivity index (χ1v) is 7.15. The smallest absolute Gasteiger partial charge is 0.319 e. The highest BCUT2D eigenvalue weighted by Gasteiger charge is 2.31. The number of imidazole rings is 2. The number of nitrogens with zero attached hydrogens (tertiary/aromatic N) is 4. The van der Waals surface area contributed by atoms with E-state index in [4.69, 9.17) is 0 Å². The summed E-state index contributed by atoms with van der Waals surface area (Å²) in [5.41, 5.74) is 1.77. The number of alkyl halides is 2. The molecule has 0 aromatic carbocycles. The van der Waals surface area contributed by atoms with E-state index >= 15 is 0 Å². The fraction of sp³-hybridized carbons (Fsp3) is 0.500. The van der Waals surface area contributed by atoms with E-state index in [0.29, 0.717) is 0 Å². The van der Waals surface area contributed by atoms with Crippen molar-refractivity contribution >= 4 is 5.91 Å². The van der Waals surface area contributed by atoms with Gasteiger partial charge in [0.05, 0.1) is 24.5 Å². The number of H-pyrrole nitrogens is 1. The van der Waals surface area contributed by atoms with E-state index < -0.39 is 6.55 Å². The number of aryl methyl sites for hydroxylation is 1. The van der Waals surface area contributed by atoms with Gasteiger partial charge >= 0.3 is 6.55 Å². The third-order valence-corrected chi connectivity index (χ3v) is 4.01. The normalized spacial score (nSPS) is 17.5. The minimum atomic E-state index is -2.66. The number of fused-ring (bicyclic) bond motifs is 1. The van der Waals surface area contributed by atoms with Crippen molar-refractivity contribution < 1.29 is 13.6 Å². The molecule has 0 radical (unpaired) electrons. The molecular weight excluding hydrogens is 292 g/mol. The van der Waals surface area contributed by atoms with Gasteiger partial charge in [-0.15, -0.1) is 0 Å². The molecule has 2 aromatic heterocycles.